The molecule has 0 N–H and O–H groups in total. The summed E-state index contributed by atoms with van der Waals surface area (Å²) in [7, 11) is 0. The number of amides is 1. The number of benzene rings is 1. The van der Waals surface area contributed by atoms with Crippen molar-refractivity contribution in [3.05, 3.63) is 35.9 Å². The average Bonchev–Trinajstić information content (AvgIpc) is 2.54. The van der Waals surface area contributed by atoms with Crippen molar-refractivity contribution in [2.24, 2.45) is 0 Å². The second-order valence-corrected chi connectivity index (χ2v) is 5.51. The standard InChI is InChI=1S/C17H24N2O2/c1-2-6-17(21)19-13-11-18(12-14-19)10-9-16(20)15-7-4-3-5-8-15/h3-5,7-8H,2,6,9-14H2,1H3. The summed E-state index contributed by atoms with van der Waals surface area (Å²) >= 11 is 0. The van der Waals surface area contributed by atoms with Crippen LogP contribution in [0.25, 0.3) is 0 Å². The van der Waals surface area contributed by atoms with Crippen molar-refractivity contribution in [3.63, 3.8) is 0 Å². The zero-order valence-electron chi connectivity index (χ0n) is 12.8. The Bertz CT molecular complexity index is 465. The molecule has 1 aliphatic heterocycles. The van der Waals surface area contributed by atoms with Gasteiger partial charge < -0.3 is 4.90 Å². The van der Waals surface area contributed by atoms with Gasteiger partial charge in [0.1, 0.15) is 0 Å². The van der Waals surface area contributed by atoms with Gasteiger partial charge in [0.2, 0.25) is 5.91 Å². The molecule has 1 fully saturated rings. The molecule has 1 amide bonds. The molecule has 4 nitrogen and oxygen atoms in total. The third kappa shape index (κ3) is 4.67. The van der Waals surface area contributed by atoms with E-state index in [0.29, 0.717) is 12.8 Å². The van der Waals surface area contributed by atoms with Crippen LogP contribution in [0.4, 0.5) is 0 Å². The van der Waals surface area contributed by atoms with Gasteiger partial charge in [-0.1, -0.05) is 37.3 Å². The van der Waals surface area contributed by atoms with E-state index in [1.54, 1.807) is 0 Å². The highest BCUT2D eigenvalue weighted by atomic mass is 16.2. The van der Waals surface area contributed by atoms with E-state index in [9.17, 15) is 9.59 Å². The molecule has 2 rings (SSSR count). The SMILES string of the molecule is CCCC(=O)N1CCN(CCC(=O)c2ccccc2)CC1. The first-order valence-electron chi connectivity index (χ1n) is 7.79. The van der Waals surface area contributed by atoms with Crippen LogP contribution in [0.2, 0.25) is 0 Å². The van der Waals surface area contributed by atoms with Crippen molar-refractivity contribution < 1.29 is 9.59 Å². The topological polar surface area (TPSA) is 40.6 Å². The van der Waals surface area contributed by atoms with E-state index in [4.69, 9.17) is 0 Å². The molecule has 0 atom stereocenters. The van der Waals surface area contributed by atoms with E-state index in [1.165, 1.54) is 0 Å². The maximum atomic E-state index is 12.1. The highest BCUT2D eigenvalue weighted by Gasteiger charge is 2.20. The molecule has 1 heterocycles. The molecule has 0 spiro atoms. The average molecular weight is 288 g/mol. The smallest absolute Gasteiger partial charge is 0.222 e. The summed E-state index contributed by atoms with van der Waals surface area (Å²) in [6.45, 7) is 6.14. The van der Waals surface area contributed by atoms with E-state index in [2.05, 4.69) is 4.90 Å². The molecule has 1 aromatic rings. The molecule has 0 radical (unpaired) electrons. The van der Waals surface area contributed by atoms with E-state index >= 15 is 0 Å². The normalized spacial score (nSPS) is 16.0. The van der Waals surface area contributed by atoms with Gasteiger partial charge in [0.15, 0.2) is 5.78 Å². The Morgan fingerprint density at radius 1 is 1.00 bits per heavy atom. The van der Waals surface area contributed by atoms with Crippen LogP contribution in [0.5, 0.6) is 0 Å². The Morgan fingerprint density at radius 3 is 2.29 bits per heavy atom. The Balaban J connectivity index is 1.72. The van der Waals surface area contributed by atoms with Gasteiger partial charge in [-0.25, -0.2) is 0 Å². The van der Waals surface area contributed by atoms with E-state index < -0.39 is 0 Å². The molecule has 1 aromatic carbocycles. The quantitative estimate of drug-likeness (QED) is 0.754. The molecule has 0 saturated carbocycles. The molecule has 0 bridgehead atoms. The molecular formula is C17H24N2O2. The van der Waals surface area contributed by atoms with Gasteiger partial charge in [0.05, 0.1) is 0 Å². The highest BCUT2D eigenvalue weighted by Crippen LogP contribution is 2.08. The molecule has 4 heteroatoms. The summed E-state index contributed by atoms with van der Waals surface area (Å²) < 4.78 is 0. The summed E-state index contributed by atoms with van der Waals surface area (Å²) in [6, 6.07) is 9.44. The van der Waals surface area contributed by atoms with Crippen molar-refractivity contribution in [3.8, 4) is 0 Å². The van der Waals surface area contributed by atoms with Crippen LogP contribution in [-0.4, -0.2) is 54.2 Å². The van der Waals surface area contributed by atoms with Gasteiger partial charge in [-0.2, -0.15) is 0 Å². The van der Waals surface area contributed by atoms with Crippen molar-refractivity contribution in [1.82, 2.24) is 9.80 Å². The number of hydrogen-bond donors (Lipinski definition) is 0. The van der Waals surface area contributed by atoms with Crippen LogP contribution in [0, 0.1) is 0 Å². The molecule has 114 valence electrons. The minimum absolute atomic E-state index is 0.195. The lowest BCUT2D eigenvalue weighted by Gasteiger charge is -2.34. The second-order valence-electron chi connectivity index (χ2n) is 5.51. The maximum absolute atomic E-state index is 12.1. The van der Waals surface area contributed by atoms with Crippen molar-refractivity contribution >= 4 is 11.7 Å². The fraction of sp³-hybridized carbons (Fsp3) is 0.529. The summed E-state index contributed by atoms with van der Waals surface area (Å²) in [5, 5.41) is 0. The molecule has 0 aliphatic carbocycles. The van der Waals surface area contributed by atoms with Crippen LogP contribution < -0.4 is 0 Å². The monoisotopic (exact) mass is 288 g/mol. The fourth-order valence-corrected chi connectivity index (χ4v) is 2.62. The first-order valence-corrected chi connectivity index (χ1v) is 7.79. The molecular weight excluding hydrogens is 264 g/mol. The van der Waals surface area contributed by atoms with E-state index in [1.807, 2.05) is 42.2 Å². The van der Waals surface area contributed by atoms with Gasteiger partial charge in [0.25, 0.3) is 0 Å². The lowest BCUT2D eigenvalue weighted by Crippen LogP contribution is -2.49. The zero-order chi connectivity index (χ0) is 15.1. The van der Waals surface area contributed by atoms with Crippen molar-refractivity contribution in [1.29, 1.82) is 0 Å². The predicted molar refractivity (Wildman–Crippen MR) is 83.3 cm³/mol. The summed E-state index contributed by atoms with van der Waals surface area (Å²) in [4.78, 5) is 28.1. The fourth-order valence-electron chi connectivity index (χ4n) is 2.62. The number of nitrogens with zero attached hydrogens (tertiary/aromatic N) is 2. The Morgan fingerprint density at radius 2 is 1.67 bits per heavy atom. The first-order chi connectivity index (χ1) is 10.2. The highest BCUT2D eigenvalue weighted by molar-refractivity contribution is 5.96. The lowest BCUT2D eigenvalue weighted by molar-refractivity contribution is -0.132. The lowest BCUT2D eigenvalue weighted by atomic mass is 10.1. The minimum atomic E-state index is 0.195. The third-order valence-electron chi connectivity index (χ3n) is 3.94. The van der Waals surface area contributed by atoms with Gasteiger partial charge in [-0.05, 0) is 6.42 Å². The van der Waals surface area contributed by atoms with Gasteiger partial charge in [0, 0.05) is 51.1 Å². The van der Waals surface area contributed by atoms with E-state index in [-0.39, 0.29) is 11.7 Å². The number of hydrogen-bond acceptors (Lipinski definition) is 3. The molecule has 21 heavy (non-hydrogen) atoms. The van der Waals surface area contributed by atoms with Crippen LogP contribution in [-0.2, 0) is 4.79 Å². The maximum Gasteiger partial charge on any atom is 0.222 e. The van der Waals surface area contributed by atoms with Crippen LogP contribution in [0.1, 0.15) is 36.5 Å². The second kappa shape index (κ2) is 7.93. The zero-order valence-corrected chi connectivity index (χ0v) is 12.8. The Labute approximate surface area is 126 Å². The van der Waals surface area contributed by atoms with Crippen molar-refractivity contribution in [2.75, 3.05) is 32.7 Å². The Kier molecular flexibility index (Phi) is 5.93. The van der Waals surface area contributed by atoms with Crippen LogP contribution in [0.3, 0.4) is 0 Å². The van der Waals surface area contributed by atoms with E-state index in [0.717, 1.165) is 44.7 Å². The largest absolute Gasteiger partial charge is 0.340 e. The van der Waals surface area contributed by atoms with Crippen molar-refractivity contribution in [2.45, 2.75) is 26.2 Å². The number of ketones is 1. The van der Waals surface area contributed by atoms with Gasteiger partial charge >= 0.3 is 0 Å². The first kappa shape index (κ1) is 15.7. The number of rotatable bonds is 6. The summed E-state index contributed by atoms with van der Waals surface area (Å²) in [5.41, 5.74) is 0.786. The number of carbonyl (C=O) groups is 2. The van der Waals surface area contributed by atoms with Crippen LogP contribution in [0.15, 0.2) is 30.3 Å². The number of Topliss-reactive ketones (excluding diaryl/α,β-unsaturated/α-hetero) is 1. The summed E-state index contributed by atoms with van der Waals surface area (Å²) in [5.74, 6) is 0.456. The molecule has 0 aromatic heterocycles. The third-order valence-corrected chi connectivity index (χ3v) is 3.94. The van der Waals surface area contributed by atoms with Gasteiger partial charge in [-0.3, -0.25) is 14.5 Å². The number of carbonyl (C=O) groups excluding carboxylic acids is 2. The molecule has 0 unspecified atom stereocenters. The minimum Gasteiger partial charge on any atom is -0.340 e. The Hall–Kier alpha value is -1.68. The van der Waals surface area contributed by atoms with Crippen LogP contribution >= 0.6 is 0 Å². The predicted octanol–water partition coefficient (Wildman–Crippen LogP) is 2.20. The van der Waals surface area contributed by atoms with Gasteiger partial charge in [-0.15, -0.1) is 0 Å². The molecule has 1 aliphatic rings. The summed E-state index contributed by atoms with van der Waals surface area (Å²) in [6.07, 6.45) is 2.10. The number of piperazine rings is 1. The molecule has 1 saturated heterocycles.